The number of aliphatic hydroxyl groups is 1. The van der Waals surface area contributed by atoms with Gasteiger partial charge in [0.2, 0.25) is 0 Å². The number of rotatable bonds is 3. The first-order valence-electron chi connectivity index (χ1n) is 7.62. The number of aliphatic imine (C=N–C) groups is 1. The molecule has 0 radical (unpaired) electrons. The van der Waals surface area contributed by atoms with Crippen molar-refractivity contribution in [1.29, 1.82) is 0 Å². The minimum absolute atomic E-state index is 0.108. The predicted molar refractivity (Wildman–Crippen MR) is 93.2 cm³/mol. The van der Waals surface area contributed by atoms with Gasteiger partial charge in [0, 0.05) is 17.5 Å². The molecule has 2 N–H and O–H groups in total. The molecule has 25 heavy (non-hydrogen) atoms. The molecule has 2 atom stereocenters. The molecule has 0 saturated carbocycles. The standard InChI is InChI=1S/C16H14N4O4S/c21-7-13-24-12(8-25-13)20-6-5-11(19-16(20)23)18-14-9-3-1-2-4-10(9)17-15(14)22/h1-6,12-13,21H,7-8H2,(H,17,18,19,22,23)/t12-,13+/m1/s1. The molecule has 2 aliphatic heterocycles. The molecule has 1 aromatic heterocycles. The quantitative estimate of drug-likeness (QED) is 0.844. The number of aromatic nitrogens is 2. The third-order valence-corrected chi connectivity index (χ3v) is 4.99. The lowest BCUT2D eigenvalue weighted by molar-refractivity contribution is -0.110. The molecule has 128 valence electrons. The van der Waals surface area contributed by atoms with E-state index in [2.05, 4.69) is 15.3 Å². The lowest BCUT2D eigenvalue weighted by Gasteiger charge is -2.13. The smallest absolute Gasteiger partial charge is 0.351 e. The van der Waals surface area contributed by atoms with E-state index >= 15 is 0 Å². The van der Waals surface area contributed by atoms with Crippen molar-refractivity contribution in [3.8, 4) is 0 Å². The predicted octanol–water partition coefficient (Wildman–Crippen LogP) is 0.897. The fourth-order valence-corrected chi connectivity index (χ4v) is 3.63. The Morgan fingerprint density at radius 3 is 2.96 bits per heavy atom. The molecule has 1 aromatic carbocycles. The Morgan fingerprint density at radius 1 is 1.36 bits per heavy atom. The number of anilines is 1. The second-order valence-electron chi connectivity index (χ2n) is 5.47. The van der Waals surface area contributed by atoms with Crippen molar-refractivity contribution in [3.63, 3.8) is 0 Å². The van der Waals surface area contributed by atoms with Crippen molar-refractivity contribution in [1.82, 2.24) is 9.55 Å². The van der Waals surface area contributed by atoms with Gasteiger partial charge in [0.25, 0.3) is 5.91 Å². The van der Waals surface area contributed by atoms with Crippen LogP contribution in [-0.2, 0) is 9.53 Å². The molecule has 9 heteroatoms. The topological polar surface area (TPSA) is 106 Å². The number of hydrogen-bond acceptors (Lipinski definition) is 7. The zero-order valence-electron chi connectivity index (χ0n) is 13.0. The second-order valence-corrected chi connectivity index (χ2v) is 6.66. The number of ether oxygens (including phenoxy) is 1. The van der Waals surface area contributed by atoms with Gasteiger partial charge in [-0.3, -0.25) is 9.36 Å². The highest BCUT2D eigenvalue weighted by molar-refractivity contribution is 8.00. The van der Waals surface area contributed by atoms with E-state index in [4.69, 9.17) is 9.84 Å². The molecule has 0 bridgehead atoms. The van der Waals surface area contributed by atoms with Gasteiger partial charge in [0.05, 0.1) is 12.3 Å². The van der Waals surface area contributed by atoms with Crippen molar-refractivity contribution < 1.29 is 14.6 Å². The van der Waals surface area contributed by atoms with Crippen molar-refractivity contribution >= 4 is 34.9 Å². The zero-order chi connectivity index (χ0) is 17.4. The number of benzene rings is 1. The summed E-state index contributed by atoms with van der Waals surface area (Å²) in [4.78, 5) is 32.5. The van der Waals surface area contributed by atoms with Crippen LogP contribution in [0.3, 0.4) is 0 Å². The Labute approximate surface area is 146 Å². The average Bonchev–Trinajstić information content (AvgIpc) is 3.20. The summed E-state index contributed by atoms with van der Waals surface area (Å²) in [5.74, 6) is 0.386. The molecular weight excluding hydrogens is 344 g/mol. The second kappa shape index (κ2) is 6.43. The number of carbonyl (C=O) groups excluding carboxylic acids is 1. The minimum Gasteiger partial charge on any atom is -0.393 e. The lowest BCUT2D eigenvalue weighted by atomic mass is 10.1. The van der Waals surface area contributed by atoms with Gasteiger partial charge in [-0.2, -0.15) is 4.98 Å². The van der Waals surface area contributed by atoms with E-state index in [1.54, 1.807) is 24.4 Å². The summed E-state index contributed by atoms with van der Waals surface area (Å²) in [7, 11) is 0. The fourth-order valence-electron chi connectivity index (χ4n) is 2.70. The van der Waals surface area contributed by atoms with Gasteiger partial charge in [-0.25, -0.2) is 9.79 Å². The van der Waals surface area contributed by atoms with Crippen LogP contribution in [0.15, 0.2) is 46.3 Å². The number of nitrogens with one attached hydrogen (secondary N) is 1. The monoisotopic (exact) mass is 358 g/mol. The third kappa shape index (κ3) is 2.97. The van der Waals surface area contributed by atoms with Gasteiger partial charge in [-0.15, -0.1) is 11.8 Å². The molecular formula is C16H14N4O4S. The van der Waals surface area contributed by atoms with Crippen LogP contribution >= 0.6 is 11.8 Å². The molecule has 3 heterocycles. The maximum Gasteiger partial charge on any atom is 0.351 e. The van der Waals surface area contributed by atoms with Crippen molar-refractivity contribution in [2.24, 2.45) is 4.99 Å². The summed E-state index contributed by atoms with van der Waals surface area (Å²) >= 11 is 1.44. The summed E-state index contributed by atoms with van der Waals surface area (Å²) in [6.07, 6.45) is 1.07. The average molecular weight is 358 g/mol. The van der Waals surface area contributed by atoms with Crippen molar-refractivity contribution in [3.05, 3.63) is 52.6 Å². The normalized spacial score (nSPS) is 23.7. The van der Waals surface area contributed by atoms with Crippen LogP contribution in [0.4, 0.5) is 11.5 Å². The summed E-state index contributed by atoms with van der Waals surface area (Å²) in [6.45, 7) is -0.108. The van der Waals surface area contributed by atoms with Crippen LogP contribution in [-0.4, -0.2) is 44.1 Å². The molecule has 0 spiro atoms. The van der Waals surface area contributed by atoms with E-state index in [-0.39, 0.29) is 29.5 Å². The van der Waals surface area contributed by atoms with Crippen molar-refractivity contribution in [2.45, 2.75) is 11.7 Å². The van der Waals surface area contributed by atoms with Gasteiger partial charge >= 0.3 is 5.69 Å². The highest BCUT2D eigenvalue weighted by Gasteiger charge is 2.28. The van der Waals surface area contributed by atoms with Crippen LogP contribution in [0.1, 0.15) is 11.8 Å². The first kappa shape index (κ1) is 16.0. The number of nitrogens with zero attached hydrogens (tertiary/aromatic N) is 3. The third-order valence-electron chi connectivity index (χ3n) is 3.88. The first-order valence-corrected chi connectivity index (χ1v) is 8.67. The number of aliphatic hydroxyl groups excluding tert-OH is 1. The lowest BCUT2D eigenvalue weighted by Crippen LogP contribution is -2.28. The number of para-hydroxylation sites is 1. The van der Waals surface area contributed by atoms with E-state index in [1.807, 2.05) is 12.1 Å². The SMILES string of the molecule is O=C1Nc2ccccc2C1=Nc1ccn([C@H]2CS[C@@H](CO)O2)c(=O)n1. The maximum absolute atomic E-state index is 12.3. The molecule has 0 aliphatic carbocycles. The Bertz CT molecular complexity index is 926. The van der Waals surface area contributed by atoms with E-state index in [1.165, 1.54) is 16.3 Å². The maximum atomic E-state index is 12.3. The molecule has 0 unspecified atom stereocenters. The highest BCUT2D eigenvalue weighted by Crippen LogP contribution is 2.30. The molecule has 2 aliphatic rings. The Kier molecular flexibility index (Phi) is 4.12. The molecule has 4 rings (SSSR count). The summed E-state index contributed by atoms with van der Waals surface area (Å²) < 4.78 is 6.91. The summed E-state index contributed by atoms with van der Waals surface area (Å²) in [5, 5.41) is 11.8. The van der Waals surface area contributed by atoms with E-state index in [0.717, 1.165) is 0 Å². The van der Waals surface area contributed by atoms with Crippen LogP contribution in [0.25, 0.3) is 0 Å². The first-order chi connectivity index (χ1) is 12.2. The van der Waals surface area contributed by atoms with E-state index < -0.39 is 11.9 Å². The van der Waals surface area contributed by atoms with Gasteiger partial charge in [0.1, 0.15) is 17.4 Å². The molecule has 1 amide bonds. The van der Waals surface area contributed by atoms with Crippen LogP contribution in [0, 0.1) is 0 Å². The van der Waals surface area contributed by atoms with Crippen LogP contribution in [0.5, 0.6) is 0 Å². The Hall–Kier alpha value is -2.49. The van der Waals surface area contributed by atoms with Crippen LogP contribution < -0.4 is 11.0 Å². The Morgan fingerprint density at radius 2 is 2.20 bits per heavy atom. The molecule has 2 aromatic rings. The number of thioether (sulfide) groups is 1. The van der Waals surface area contributed by atoms with Crippen molar-refractivity contribution in [2.75, 3.05) is 17.7 Å². The number of carbonyl (C=O) groups is 1. The minimum atomic E-state index is -0.516. The largest absolute Gasteiger partial charge is 0.393 e. The van der Waals surface area contributed by atoms with E-state index in [9.17, 15) is 9.59 Å². The number of fused-ring (bicyclic) bond motifs is 1. The van der Waals surface area contributed by atoms with Gasteiger partial charge in [-0.05, 0) is 12.1 Å². The fraction of sp³-hybridized carbons (Fsp3) is 0.250. The van der Waals surface area contributed by atoms with Gasteiger partial charge in [0.15, 0.2) is 5.82 Å². The Balaban J connectivity index is 1.64. The molecule has 8 nitrogen and oxygen atoms in total. The summed E-state index contributed by atoms with van der Waals surface area (Å²) in [5.41, 5.74) is 0.743. The number of hydrogen-bond donors (Lipinski definition) is 2. The molecule has 1 saturated heterocycles. The number of amides is 1. The van der Waals surface area contributed by atoms with Gasteiger partial charge < -0.3 is 15.2 Å². The van der Waals surface area contributed by atoms with E-state index in [0.29, 0.717) is 17.0 Å². The zero-order valence-corrected chi connectivity index (χ0v) is 13.8. The summed E-state index contributed by atoms with van der Waals surface area (Å²) in [6, 6.07) is 8.76. The van der Waals surface area contributed by atoms with Crippen LogP contribution in [0.2, 0.25) is 0 Å². The molecule has 1 fully saturated rings. The highest BCUT2D eigenvalue weighted by atomic mass is 32.2. The van der Waals surface area contributed by atoms with Gasteiger partial charge in [-0.1, -0.05) is 18.2 Å².